The van der Waals surface area contributed by atoms with Gasteiger partial charge < -0.3 is 14.2 Å². The maximum Gasteiger partial charge on any atom is 0.163 e. The molecule has 1 fully saturated rings. The topological polar surface area (TPSA) is 27.7 Å². The highest BCUT2D eigenvalue weighted by Gasteiger charge is 2.38. The van der Waals surface area contributed by atoms with Crippen LogP contribution in [0, 0.1) is 12.7 Å². The molecule has 105 valence electrons. The Morgan fingerprint density at radius 3 is 2.79 bits per heavy atom. The first kappa shape index (κ1) is 14.3. The molecule has 4 heteroatoms. The van der Waals surface area contributed by atoms with Gasteiger partial charge in [0.05, 0.1) is 19.8 Å². The van der Waals surface area contributed by atoms with E-state index in [9.17, 15) is 4.39 Å². The monoisotopic (exact) mass is 267 g/mol. The highest BCUT2D eigenvalue weighted by Crippen LogP contribution is 2.37. The first-order valence-corrected chi connectivity index (χ1v) is 6.41. The third-order valence-corrected chi connectivity index (χ3v) is 3.39. The van der Waals surface area contributed by atoms with E-state index in [-0.39, 0.29) is 17.8 Å². The Morgan fingerprint density at radius 1 is 1.53 bits per heavy atom. The third kappa shape index (κ3) is 3.07. The summed E-state index contributed by atoms with van der Waals surface area (Å²) in [6.45, 7) is 8.24. The van der Waals surface area contributed by atoms with Crippen LogP contribution in [-0.4, -0.2) is 25.6 Å². The Kier molecular flexibility index (Phi) is 4.11. The van der Waals surface area contributed by atoms with Gasteiger partial charge in [0.25, 0.3) is 0 Å². The van der Waals surface area contributed by atoms with Crippen LogP contribution in [-0.2, 0) is 9.47 Å². The molecule has 1 aromatic carbocycles. The van der Waals surface area contributed by atoms with Crippen LogP contribution in [0.4, 0.5) is 4.39 Å². The zero-order chi connectivity index (χ0) is 14.0. The lowest BCUT2D eigenvalue weighted by Crippen LogP contribution is -2.25. The van der Waals surface area contributed by atoms with E-state index in [0.29, 0.717) is 18.8 Å². The van der Waals surface area contributed by atoms with Crippen molar-refractivity contribution in [3.8, 4) is 5.75 Å². The molecule has 0 aliphatic carbocycles. The highest BCUT2D eigenvalue weighted by atomic mass is 19.1. The maximum atomic E-state index is 13.3. The molecule has 0 bridgehead atoms. The first-order valence-electron chi connectivity index (χ1n) is 6.41. The first-order chi connectivity index (χ1) is 8.96. The largest absolute Gasteiger partial charge is 0.496 e. The van der Waals surface area contributed by atoms with Crippen LogP contribution in [0.25, 0.3) is 0 Å². The van der Waals surface area contributed by atoms with Crippen molar-refractivity contribution in [2.75, 3.05) is 13.7 Å². The number of ether oxygens (including phenoxy) is 3. The fourth-order valence-electron chi connectivity index (χ4n) is 2.45. The van der Waals surface area contributed by atoms with E-state index in [2.05, 4.69) is 6.92 Å². The summed E-state index contributed by atoms with van der Waals surface area (Å²) in [7, 11) is 1.54. The Hall–Kier alpha value is -1.13. The van der Waals surface area contributed by atoms with Crippen LogP contribution in [0.1, 0.15) is 31.7 Å². The molecule has 1 saturated heterocycles. The summed E-state index contributed by atoms with van der Waals surface area (Å²) in [5.41, 5.74) is 0.908. The number of hydrogen-bond donors (Lipinski definition) is 0. The molecule has 0 aromatic heterocycles. The van der Waals surface area contributed by atoms with Crippen LogP contribution in [0.15, 0.2) is 18.2 Å². The van der Waals surface area contributed by atoms with Gasteiger partial charge in [0.1, 0.15) is 11.6 Å². The predicted molar refractivity (Wildman–Crippen MR) is 70.6 cm³/mol. The fraction of sp³-hybridized carbons (Fsp3) is 0.533. The second-order valence-corrected chi connectivity index (χ2v) is 5.15. The summed E-state index contributed by atoms with van der Waals surface area (Å²) in [4.78, 5) is 0. The van der Waals surface area contributed by atoms with E-state index in [4.69, 9.17) is 14.2 Å². The molecule has 0 amide bonds. The molecule has 3 nitrogen and oxygen atoms in total. The molecule has 19 heavy (non-hydrogen) atoms. The normalized spacial score (nSPS) is 23.3. The van der Waals surface area contributed by atoms with Crippen molar-refractivity contribution in [3.63, 3.8) is 0 Å². The summed E-state index contributed by atoms with van der Waals surface area (Å²) >= 11 is 0. The van der Waals surface area contributed by atoms with Gasteiger partial charge in [0.15, 0.2) is 5.79 Å². The molecule has 0 N–H and O–H groups in total. The minimum atomic E-state index is -0.578. The van der Waals surface area contributed by atoms with Gasteiger partial charge in [-0.15, -0.1) is 0 Å². The van der Waals surface area contributed by atoms with E-state index in [1.54, 1.807) is 6.07 Å². The number of halogens is 1. The number of benzene rings is 1. The molecule has 1 heterocycles. The van der Waals surface area contributed by atoms with E-state index < -0.39 is 5.79 Å². The number of rotatable bonds is 4. The van der Waals surface area contributed by atoms with Gasteiger partial charge in [-0.05, 0) is 26.3 Å². The summed E-state index contributed by atoms with van der Waals surface area (Å²) < 4.78 is 30.0. The quantitative estimate of drug-likeness (QED) is 0.837. The molecular weight excluding hydrogens is 247 g/mol. The van der Waals surface area contributed by atoms with E-state index in [0.717, 1.165) is 5.56 Å². The number of hydrogen-bond acceptors (Lipinski definition) is 3. The molecule has 1 aliphatic rings. The summed E-state index contributed by atoms with van der Waals surface area (Å²) in [5.74, 6) is -0.336. The summed E-state index contributed by atoms with van der Waals surface area (Å²) in [5, 5.41) is 0. The van der Waals surface area contributed by atoms with Crippen molar-refractivity contribution >= 4 is 0 Å². The van der Waals surface area contributed by atoms with Crippen molar-refractivity contribution < 1.29 is 18.6 Å². The average molecular weight is 267 g/mol. The standard InChI is InChI=1S/C15H20FO3/c1-5-11(14-9-18-15(2,3)19-14)12-7-6-10(16)8-13(12)17-4/h6-8,11,14H,1,5,9H2,2-4H3/t11-,14+/m1/s1. The van der Waals surface area contributed by atoms with Crippen molar-refractivity contribution in [3.05, 3.63) is 36.5 Å². The zero-order valence-electron chi connectivity index (χ0n) is 11.6. The van der Waals surface area contributed by atoms with Gasteiger partial charge in [0.2, 0.25) is 0 Å². The molecular formula is C15H20FO3. The van der Waals surface area contributed by atoms with E-state index in [1.165, 1.54) is 19.2 Å². The molecule has 0 unspecified atom stereocenters. The lowest BCUT2D eigenvalue weighted by Gasteiger charge is -2.25. The van der Waals surface area contributed by atoms with Crippen LogP contribution >= 0.6 is 0 Å². The van der Waals surface area contributed by atoms with Crippen molar-refractivity contribution in [1.29, 1.82) is 0 Å². The Bertz CT molecular complexity index is 445. The minimum absolute atomic E-state index is 0.0253. The van der Waals surface area contributed by atoms with Crippen LogP contribution in [0.2, 0.25) is 0 Å². The Morgan fingerprint density at radius 2 is 2.26 bits per heavy atom. The van der Waals surface area contributed by atoms with Crippen molar-refractivity contribution in [2.24, 2.45) is 0 Å². The van der Waals surface area contributed by atoms with Gasteiger partial charge >= 0.3 is 0 Å². The average Bonchev–Trinajstić information content (AvgIpc) is 2.72. The lowest BCUT2D eigenvalue weighted by atomic mass is 9.90. The summed E-state index contributed by atoms with van der Waals surface area (Å²) in [6.07, 6.45) is 0.540. The van der Waals surface area contributed by atoms with E-state index >= 15 is 0 Å². The van der Waals surface area contributed by atoms with Gasteiger partial charge in [-0.3, -0.25) is 0 Å². The van der Waals surface area contributed by atoms with Crippen LogP contribution < -0.4 is 4.74 Å². The molecule has 0 saturated carbocycles. The predicted octanol–water partition coefficient (Wildman–Crippen LogP) is 3.29. The van der Waals surface area contributed by atoms with Gasteiger partial charge in [-0.1, -0.05) is 13.0 Å². The Balaban J connectivity index is 2.27. The van der Waals surface area contributed by atoms with Gasteiger partial charge in [-0.2, -0.15) is 0 Å². The van der Waals surface area contributed by atoms with Crippen molar-refractivity contribution in [1.82, 2.24) is 0 Å². The van der Waals surface area contributed by atoms with E-state index in [1.807, 2.05) is 13.8 Å². The SMILES string of the molecule is [CH2]C[C@H](c1ccc(F)cc1OC)[C@@H]1COC(C)(C)O1. The number of methoxy groups -OCH3 is 1. The smallest absolute Gasteiger partial charge is 0.163 e. The minimum Gasteiger partial charge on any atom is -0.496 e. The molecule has 1 aromatic rings. The summed E-state index contributed by atoms with van der Waals surface area (Å²) in [6, 6.07) is 4.55. The zero-order valence-corrected chi connectivity index (χ0v) is 11.6. The van der Waals surface area contributed by atoms with Crippen LogP contribution in [0.5, 0.6) is 5.75 Å². The Labute approximate surface area is 113 Å². The van der Waals surface area contributed by atoms with Crippen molar-refractivity contribution in [2.45, 2.75) is 38.1 Å². The van der Waals surface area contributed by atoms with Gasteiger partial charge in [0, 0.05) is 17.5 Å². The molecule has 0 spiro atoms. The lowest BCUT2D eigenvalue weighted by molar-refractivity contribution is -0.140. The second-order valence-electron chi connectivity index (χ2n) is 5.15. The van der Waals surface area contributed by atoms with Crippen LogP contribution in [0.3, 0.4) is 0 Å². The maximum absolute atomic E-state index is 13.3. The fourth-order valence-corrected chi connectivity index (χ4v) is 2.45. The third-order valence-electron chi connectivity index (χ3n) is 3.39. The highest BCUT2D eigenvalue weighted by molar-refractivity contribution is 5.37. The molecule has 2 rings (SSSR count). The molecule has 1 radical (unpaired) electrons. The molecule has 2 atom stereocenters. The second kappa shape index (κ2) is 5.47. The van der Waals surface area contributed by atoms with Gasteiger partial charge in [-0.25, -0.2) is 4.39 Å². The molecule has 1 aliphatic heterocycles.